The Kier molecular flexibility index (Phi) is 4.60. The van der Waals surface area contributed by atoms with E-state index < -0.39 is 12.0 Å². The van der Waals surface area contributed by atoms with E-state index in [9.17, 15) is 9.59 Å². The second-order valence-corrected chi connectivity index (χ2v) is 6.78. The first-order valence-corrected chi connectivity index (χ1v) is 8.01. The van der Waals surface area contributed by atoms with Crippen molar-refractivity contribution in [2.75, 3.05) is 5.75 Å². The minimum Gasteiger partial charge on any atom is -0.480 e. The second kappa shape index (κ2) is 6.03. The number of rotatable bonds is 5. The Labute approximate surface area is 118 Å². The molecule has 0 radical (unpaired) electrons. The molecule has 1 aliphatic carbocycles. The van der Waals surface area contributed by atoms with Gasteiger partial charge in [-0.15, -0.1) is 11.8 Å². The lowest BCUT2D eigenvalue weighted by Crippen LogP contribution is -2.51. The lowest BCUT2D eigenvalue weighted by Gasteiger charge is -2.28. The molecule has 1 aliphatic heterocycles. The van der Waals surface area contributed by atoms with Crippen molar-refractivity contribution in [2.45, 2.75) is 57.0 Å². The Morgan fingerprint density at radius 3 is 2.68 bits per heavy atom. The molecule has 2 N–H and O–H groups in total. The summed E-state index contributed by atoms with van der Waals surface area (Å²) in [4.78, 5) is 24.9. The van der Waals surface area contributed by atoms with Crippen molar-refractivity contribution in [1.82, 2.24) is 10.2 Å². The summed E-state index contributed by atoms with van der Waals surface area (Å²) in [6, 6.07) is -0.747. The van der Waals surface area contributed by atoms with E-state index in [-0.39, 0.29) is 17.4 Å². The molecule has 1 heterocycles. The fourth-order valence-electron chi connectivity index (χ4n) is 2.47. The summed E-state index contributed by atoms with van der Waals surface area (Å²) in [5.74, 6) is 0.316. The third kappa shape index (κ3) is 3.55. The minimum absolute atomic E-state index is 0.0699. The molecule has 0 bridgehead atoms. The first-order chi connectivity index (χ1) is 9.02. The van der Waals surface area contributed by atoms with E-state index in [0.29, 0.717) is 5.75 Å². The number of amides is 2. The van der Waals surface area contributed by atoms with E-state index in [1.165, 1.54) is 29.5 Å². The highest BCUT2D eigenvalue weighted by atomic mass is 32.2. The molecule has 19 heavy (non-hydrogen) atoms. The van der Waals surface area contributed by atoms with Crippen LogP contribution in [-0.4, -0.2) is 45.2 Å². The molecular weight excluding hydrogens is 264 g/mol. The van der Waals surface area contributed by atoms with Gasteiger partial charge in [0, 0.05) is 11.8 Å². The average Bonchev–Trinajstić information content (AvgIpc) is 3.08. The van der Waals surface area contributed by atoms with Crippen molar-refractivity contribution < 1.29 is 14.7 Å². The predicted molar refractivity (Wildman–Crippen MR) is 75.1 cm³/mol. The van der Waals surface area contributed by atoms with Crippen molar-refractivity contribution in [1.29, 1.82) is 0 Å². The fourth-order valence-corrected chi connectivity index (χ4v) is 3.64. The van der Waals surface area contributed by atoms with E-state index in [1.807, 2.05) is 6.92 Å². The van der Waals surface area contributed by atoms with Gasteiger partial charge in [0.2, 0.25) is 0 Å². The molecule has 2 amide bonds. The highest BCUT2D eigenvalue weighted by Gasteiger charge is 2.40. The van der Waals surface area contributed by atoms with Crippen molar-refractivity contribution in [3.8, 4) is 0 Å². The van der Waals surface area contributed by atoms with Crippen LogP contribution in [0.15, 0.2) is 0 Å². The van der Waals surface area contributed by atoms with E-state index in [0.717, 1.165) is 18.8 Å². The molecule has 2 aliphatic rings. The molecule has 1 saturated heterocycles. The van der Waals surface area contributed by atoms with E-state index >= 15 is 0 Å². The van der Waals surface area contributed by atoms with Crippen LogP contribution in [0.1, 0.15) is 39.5 Å². The number of carbonyl (C=O) groups excluding carboxylic acids is 1. The van der Waals surface area contributed by atoms with Crippen LogP contribution in [0, 0.1) is 5.92 Å². The predicted octanol–water partition coefficient (Wildman–Crippen LogP) is 2.12. The van der Waals surface area contributed by atoms with Gasteiger partial charge in [0.1, 0.15) is 6.04 Å². The summed E-state index contributed by atoms with van der Waals surface area (Å²) in [6.45, 7) is 3.94. The van der Waals surface area contributed by atoms with Crippen LogP contribution in [0.5, 0.6) is 0 Å². The summed E-state index contributed by atoms with van der Waals surface area (Å²) in [7, 11) is 0. The topological polar surface area (TPSA) is 69.6 Å². The lowest BCUT2D eigenvalue weighted by molar-refractivity contribution is -0.141. The Balaban J connectivity index is 1.94. The minimum atomic E-state index is -0.915. The number of nitrogens with one attached hydrogen (secondary N) is 1. The zero-order valence-corrected chi connectivity index (χ0v) is 12.3. The van der Waals surface area contributed by atoms with Gasteiger partial charge in [-0.1, -0.05) is 19.8 Å². The molecule has 0 spiro atoms. The summed E-state index contributed by atoms with van der Waals surface area (Å²) in [6.07, 6.45) is 4.45. The number of aliphatic carboxylic acids is 1. The Morgan fingerprint density at radius 2 is 2.16 bits per heavy atom. The maximum absolute atomic E-state index is 12.3. The Morgan fingerprint density at radius 1 is 1.47 bits per heavy atom. The largest absolute Gasteiger partial charge is 0.480 e. The van der Waals surface area contributed by atoms with E-state index in [4.69, 9.17) is 5.11 Å². The van der Waals surface area contributed by atoms with Crippen molar-refractivity contribution in [3.63, 3.8) is 0 Å². The van der Waals surface area contributed by atoms with E-state index in [2.05, 4.69) is 12.2 Å². The van der Waals surface area contributed by atoms with Crippen molar-refractivity contribution >= 4 is 23.8 Å². The molecule has 0 aromatic heterocycles. The molecule has 1 saturated carbocycles. The molecule has 6 heteroatoms. The monoisotopic (exact) mass is 286 g/mol. The van der Waals surface area contributed by atoms with Gasteiger partial charge in [0.05, 0.1) is 5.37 Å². The Bertz CT molecular complexity index is 360. The van der Waals surface area contributed by atoms with Gasteiger partial charge >= 0.3 is 12.0 Å². The van der Waals surface area contributed by atoms with E-state index in [1.54, 1.807) is 0 Å². The quantitative estimate of drug-likeness (QED) is 0.812. The number of hydrogen-bond acceptors (Lipinski definition) is 3. The normalized spacial score (nSPS) is 28.2. The molecule has 0 aromatic rings. The second-order valence-electron chi connectivity index (χ2n) is 5.43. The zero-order valence-electron chi connectivity index (χ0n) is 11.5. The fraction of sp³-hybridized carbons (Fsp3) is 0.846. The standard InChI is InChI=1S/C13H22N2O3S/c1-3-10(6-9-4-5-9)14-13(18)15-8(2)19-7-11(15)12(16)17/h8-11H,3-7H2,1-2H3,(H,14,18)(H,16,17). The Hall–Kier alpha value is -0.910. The molecule has 3 unspecified atom stereocenters. The molecule has 2 rings (SSSR count). The highest BCUT2D eigenvalue weighted by Crippen LogP contribution is 2.34. The number of carbonyl (C=O) groups is 2. The third-order valence-corrected chi connectivity index (χ3v) is 5.10. The lowest BCUT2D eigenvalue weighted by atomic mass is 10.1. The molecule has 3 atom stereocenters. The molecule has 0 aromatic carbocycles. The van der Waals surface area contributed by atoms with Crippen LogP contribution in [0.4, 0.5) is 4.79 Å². The molecule has 2 fully saturated rings. The third-order valence-electron chi connectivity index (χ3n) is 3.88. The van der Waals surface area contributed by atoms with Crippen LogP contribution < -0.4 is 5.32 Å². The summed E-state index contributed by atoms with van der Waals surface area (Å²) >= 11 is 1.52. The van der Waals surface area contributed by atoms with Gasteiger partial charge in [-0.25, -0.2) is 9.59 Å². The highest BCUT2D eigenvalue weighted by molar-refractivity contribution is 8.00. The molecular formula is C13H22N2O3S. The van der Waals surface area contributed by atoms with Gasteiger partial charge < -0.3 is 10.4 Å². The summed E-state index contributed by atoms with van der Waals surface area (Å²) in [5.41, 5.74) is 0. The molecule has 108 valence electrons. The number of carboxylic acids is 1. The van der Waals surface area contributed by atoms with Crippen LogP contribution in [0.25, 0.3) is 0 Å². The van der Waals surface area contributed by atoms with Gasteiger partial charge in [-0.05, 0) is 25.7 Å². The number of carboxylic acid groups (broad SMARTS) is 1. The van der Waals surface area contributed by atoms with Crippen molar-refractivity contribution in [3.05, 3.63) is 0 Å². The number of urea groups is 1. The van der Waals surface area contributed by atoms with Gasteiger partial charge in [0.15, 0.2) is 0 Å². The number of thioether (sulfide) groups is 1. The number of hydrogen-bond donors (Lipinski definition) is 2. The SMILES string of the molecule is CCC(CC1CC1)NC(=O)N1C(C)SCC1C(=O)O. The summed E-state index contributed by atoms with van der Waals surface area (Å²) < 4.78 is 0. The van der Waals surface area contributed by atoms with Crippen LogP contribution in [-0.2, 0) is 4.79 Å². The van der Waals surface area contributed by atoms with Crippen LogP contribution in [0.3, 0.4) is 0 Å². The summed E-state index contributed by atoms with van der Waals surface area (Å²) in [5, 5.41) is 12.1. The van der Waals surface area contributed by atoms with Crippen LogP contribution in [0.2, 0.25) is 0 Å². The molecule has 5 nitrogen and oxygen atoms in total. The maximum Gasteiger partial charge on any atom is 0.327 e. The van der Waals surface area contributed by atoms with Crippen LogP contribution >= 0.6 is 11.8 Å². The smallest absolute Gasteiger partial charge is 0.327 e. The first-order valence-electron chi connectivity index (χ1n) is 6.96. The number of nitrogens with zero attached hydrogens (tertiary/aromatic N) is 1. The average molecular weight is 286 g/mol. The van der Waals surface area contributed by atoms with Gasteiger partial charge in [0.25, 0.3) is 0 Å². The van der Waals surface area contributed by atoms with Crippen molar-refractivity contribution in [2.24, 2.45) is 5.92 Å². The van der Waals surface area contributed by atoms with Gasteiger partial charge in [-0.3, -0.25) is 4.90 Å². The first kappa shape index (κ1) is 14.5. The zero-order chi connectivity index (χ0) is 14.0. The maximum atomic E-state index is 12.3. The van der Waals surface area contributed by atoms with Gasteiger partial charge in [-0.2, -0.15) is 0 Å².